The lowest BCUT2D eigenvalue weighted by atomic mass is 9.93. The predicted molar refractivity (Wildman–Crippen MR) is 47.8 cm³/mol. The van der Waals surface area contributed by atoms with Crippen molar-refractivity contribution < 1.29 is 19.4 Å². The van der Waals surface area contributed by atoms with Gasteiger partial charge in [-0.2, -0.15) is 0 Å². The van der Waals surface area contributed by atoms with Crippen LogP contribution in [0.1, 0.15) is 38.5 Å². The Morgan fingerprint density at radius 3 is 2.50 bits per heavy atom. The highest BCUT2D eigenvalue weighted by Crippen LogP contribution is 2.23. The van der Waals surface area contributed by atoms with E-state index in [1.165, 1.54) is 6.26 Å². The van der Waals surface area contributed by atoms with Gasteiger partial charge in [0.2, 0.25) is 12.0 Å². The number of aromatic nitrogens is 1. The van der Waals surface area contributed by atoms with Crippen molar-refractivity contribution in [3.8, 4) is 0 Å². The molecule has 14 heavy (non-hydrogen) atoms. The second kappa shape index (κ2) is 3.42. The van der Waals surface area contributed by atoms with Gasteiger partial charge in [-0.25, -0.2) is 9.78 Å². The van der Waals surface area contributed by atoms with Gasteiger partial charge in [0.15, 0.2) is 0 Å². The Morgan fingerprint density at radius 1 is 1.57 bits per heavy atom. The van der Waals surface area contributed by atoms with Gasteiger partial charge >= 0.3 is 5.97 Å². The standard InChI is InChI=1S/C9H13NO4/c1-9(2,3)5-4-14-7(10-5)6(11)8(12)13/h4,6,11H,1-3H3,(H,12,13). The average molecular weight is 199 g/mol. The minimum Gasteiger partial charge on any atom is -0.479 e. The van der Waals surface area contributed by atoms with Crippen molar-refractivity contribution in [3.63, 3.8) is 0 Å². The summed E-state index contributed by atoms with van der Waals surface area (Å²) >= 11 is 0. The van der Waals surface area contributed by atoms with Crippen molar-refractivity contribution in [1.29, 1.82) is 0 Å². The number of nitrogens with zero attached hydrogens (tertiary/aromatic N) is 1. The van der Waals surface area contributed by atoms with Crippen LogP contribution in [0.15, 0.2) is 10.7 Å². The van der Waals surface area contributed by atoms with E-state index in [1.807, 2.05) is 20.8 Å². The molecule has 5 heteroatoms. The molecule has 1 atom stereocenters. The molecule has 1 heterocycles. The number of hydrogen-bond acceptors (Lipinski definition) is 4. The van der Waals surface area contributed by atoms with Crippen LogP contribution >= 0.6 is 0 Å². The molecule has 2 N–H and O–H groups in total. The van der Waals surface area contributed by atoms with Crippen molar-refractivity contribution in [2.75, 3.05) is 0 Å². The molecule has 0 saturated heterocycles. The molecule has 5 nitrogen and oxygen atoms in total. The lowest BCUT2D eigenvalue weighted by molar-refractivity contribution is -0.148. The molecule has 78 valence electrons. The maximum atomic E-state index is 10.4. The summed E-state index contributed by atoms with van der Waals surface area (Å²) in [4.78, 5) is 14.3. The van der Waals surface area contributed by atoms with E-state index >= 15 is 0 Å². The summed E-state index contributed by atoms with van der Waals surface area (Å²) in [5.74, 6) is -1.55. The van der Waals surface area contributed by atoms with Crippen LogP contribution in [0.5, 0.6) is 0 Å². The summed E-state index contributed by atoms with van der Waals surface area (Å²) in [5, 5.41) is 17.6. The number of aliphatic hydroxyl groups is 1. The molecule has 1 aromatic heterocycles. The van der Waals surface area contributed by atoms with Gasteiger partial charge in [0.1, 0.15) is 6.26 Å². The van der Waals surface area contributed by atoms with Gasteiger partial charge < -0.3 is 14.6 Å². The molecule has 0 radical (unpaired) electrons. The lowest BCUT2D eigenvalue weighted by Gasteiger charge is -2.13. The first-order valence-electron chi connectivity index (χ1n) is 4.19. The number of aliphatic hydroxyl groups excluding tert-OH is 1. The molecule has 0 saturated carbocycles. The Kier molecular flexibility index (Phi) is 2.62. The molecule has 1 aromatic rings. The third-order valence-corrected chi connectivity index (χ3v) is 1.76. The van der Waals surface area contributed by atoms with Crippen LogP contribution in [0, 0.1) is 0 Å². The van der Waals surface area contributed by atoms with Crippen molar-refractivity contribution in [2.24, 2.45) is 0 Å². The molecule has 0 aliphatic carbocycles. The number of carboxylic acid groups (broad SMARTS) is 1. The molecule has 1 rings (SSSR count). The van der Waals surface area contributed by atoms with E-state index in [9.17, 15) is 4.79 Å². The number of aliphatic carboxylic acids is 1. The summed E-state index contributed by atoms with van der Waals surface area (Å²) < 4.78 is 4.87. The zero-order valence-electron chi connectivity index (χ0n) is 8.31. The van der Waals surface area contributed by atoms with Crippen molar-refractivity contribution >= 4 is 5.97 Å². The van der Waals surface area contributed by atoms with Gasteiger partial charge in [-0.15, -0.1) is 0 Å². The molecule has 0 aromatic carbocycles. The second-order valence-corrected chi connectivity index (χ2v) is 4.06. The summed E-state index contributed by atoms with van der Waals surface area (Å²) in [6.07, 6.45) is -0.326. The van der Waals surface area contributed by atoms with Crippen LogP contribution in [-0.2, 0) is 10.2 Å². The number of hydrogen-bond donors (Lipinski definition) is 2. The zero-order chi connectivity index (χ0) is 10.9. The molecule has 1 unspecified atom stereocenters. The molecule has 0 aliphatic heterocycles. The number of rotatable bonds is 2. The maximum Gasteiger partial charge on any atom is 0.342 e. The number of carbonyl (C=O) groups is 1. The SMILES string of the molecule is CC(C)(C)c1coc(C(O)C(=O)O)n1. The average Bonchev–Trinajstić information content (AvgIpc) is 2.49. The second-order valence-electron chi connectivity index (χ2n) is 4.06. The zero-order valence-corrected chi connectivity index (χ0v) is 8.31. The third kappa shape index (κ3) is 2.11. The number of oxazole rings is 1. The predicted octanol–water partition coefficient (Wildman–Crippen LogP) is 1.09. The van der Waals surface area contributed by atoms with E-state index in [1.54, 1.807) is 0 Å². The van der Waals surface area contributed by atoms with E-state index in [2.05, 4.69) is 4.98 Å². The molecular weight excluding hydrogens is 186 g/mol. The molecule has 0 aliphatic rings. The minimum atomic E-state index is -1.69. The van der Waals surface area contributed by atoms with Gasteiger partial charge in [0, 0.05) is 5.41 Å². The first-order chi connectivity index (χ1) is 6.32. The van der Waals surface area contributed by atoms with Crippen molar-refractivity contribution in [3.05, 3.63) is 17.8 Å². The Bertz CT molecular complexity index is 337. The maximum absolute atomic E-state index is 10.4. The van der Waals surface area contributed by atoms with Crippen LogP contribution in [0.25, 0.3) is 0 Å². The smallest absolute Gasteiger partial charge is 0.342 e. The molecule has 0 bridgehead atoms. The Morgan fingerprint density at radius 2 is 2.14 bits per heavy atom. The summed E-state index contributed by atoms with van der Waals surface area (Å²) in [6, 6.07) is 0. The van der Waals surface area contributed by atoms with E-state index in [4.69, 9.17) is 14.6 Å². The fourth-order valence-electron chi connectivity index (χ4n) is 0.863. The molecular formula is C9H13NO4. The van der Waals surface area contributed by atoms with Crippen LogP contribution < -0.4 is 0 Å². The van der Waals surface area contributed by atoms with E-state index in [-0.39, 0.29) is 11.3 Å². The Labute approximate surface area is 81.4 Å². The van der Waals surface area contributed by atoms with Crippen LogP contribution in [0.2, 0.25) is 0 Å². The Balaban J connectivity index is 2.94. The first kappa shape index (κ1) is 10.7. The van der Waals surface area contributed by atoms with Gasteiger partial charge in [0.25, 0.3) is 0 Å². The summed E-state index contributed by atoms with van der Waals surface area (Å²) in [7, 11) is 0. The fraction of sp³-hybridized carbons (Fsp3) is 0.556. The largest absolute Gasteiger partial charge is 0.479 e. The topological polar surface area (TPSA) is 83.6 Å². The van der Waals surface area contributed by atoms with Crippen LogP contribution in [0.4, 0.5) is 0 Å². The molecule has 0 amide bonds. The lowest BCUT2D eigenvalue weighted by Crippen LogP contribution is -2.14. The van der Waals surface area contributed by atoms with E-state index in [0.29, 0.717) is 5.69 Å². The van der Waals surface area contributed by atoms with Crippen molar-refractivity contribution in [2.45, 2.75) is 32.3 Å². The minimum absolute atomic E-state index is 0.178. The fourth-order valence-corrected chi connectivity index (χ4v) is 0.863. The van der Waals surface area contributed by atoms with Crippen LogP contribution in [0.3, 0.4) is 0 Å². The molecule has 0 spiro atoms. The van der Waals surface area contributed by atoms with Gasteiger partial charge in [0.05, 0.1) is 5.69 Å². The Hall–Kier alpha value is -1.36. The van der Waals surface area contributed by atoms with E-state index < -0.39 is 12.1 Å². The monoisotopic (exact) mass is 199 g/mol. The highest BCUT2D eigenvalue weighted by molar-refractivity contribution is 5.72. The van der Waals surface area contributed by atoms with Gasteiger partial charge in [-0.3, -0.25) is 0 Å². The van der Waals surface area contributed by atoms with Crippen LogP contribution in [-0.4, -0.2) is 21.2 Å². The van der Waals surface area contributed by atoms with E-state index in [0.717, 1.165) is 0 Å². The number of carboxylic acids is 1. The normalized spacial score (nSPS) is 14.0. The van der Waals surface area contributed by atoms with Gasteiger partial charge in [-0.1, -0.05) is 20.8 Å². The molecule has 0 fully saturated rings. The van der Waals surface area contributed by atoms with Crippen molar-refractivity contribution in [1.82, 2.24) is 4.98 Å². The highest BCUT2D eigenvalue weighted by Gasteiger charge is 2.25. The van der Waals surface area contributed by atoms with Gasteiger partial charge in [-0.05, 0) is 0 Å². The third-order valence-electron chi connectivity index (χ3n) is 1.76. The first-order valence-corrected chi connectivity index (χ1v) is 4.19. The quantitative estimate of drug-likeness (QED) is 0.744. The highest BCUT2D eigenvalue weighted by atomic mass is 16.4. The summed E-state index contributed by atoms with van der Waals surface area (Å²) in [6.45, 7) is 5.76. The summed E-state index contributed by atoms with van der Waals surface area (Å²) in [5.41, 5.74) is 0.396.